The quantitative estimate of drug-likeness (QED) is 0.294. The van der Waals surface area contributed by atoms with E-state index in [4.69, 9.17) is 22.1 Å². The van der Waals surface area contributed by atoms with Crippen LogP contribution in [0.3, 0.4) is 0 Å². The number of ether oxygens (including phenoxy) is 1. The smallest absolute Gasteiger partial charge is 0.255 e. The number of hydrogen-bond acceptors (Lipinski definition) is 3. The molecule has 0 aliphatic heterocycles. The van der Waals surface area contributed by atoms with E-state index in [0.29, 0.717) is 22.6 Å². The molecule has 3 aromatic carbocycles. The third-order valence-corrected chi connectivity index (χ3v) is 8.19. The van der Waals surface area contributed by atoms with E-state index < -0.39 is 0 Å². The van der Waals surface area contributed by atoms with Crippen LogP contribution in [0.25, 0.3) is 10.8 Å². The Morgan fingerprint density at radius 1 is 1.03 bits per heavy atom. The zero-order chi connectivity index (χ0) is 25.1. The van der Waals surface area contributed by atoms with Crippen LogP contribution >= 0.6 is 11.6 Å². The highest BCUT2D eigenvalue weighted by Crippen LogP contribution is 2.44. The molecule has 186 valence electrons. The standard InChI is InChI=1S/C31H33ClN2O2/c1-2-29(33)31(23-11-7-4-8-12-23)15-13-24(14-16-31)36-28-19-25-22(17-21-9-5-3-6-10-21)20-34-30(35)26(25)18-27(28)32/h3-12,18-20,24,29H,2,13-17,33H2,1H3,(H,34,35)/t24-,29?,31+. The summed E-state index contributed by atoms with van der Waals surface area (Å²) in [4.78, 5) is 15.4. The van der Waals surface area contributed by atoms with Crippen LogP contribution in [0.15, 0.2) is 83.8 Å². The van der Waals surface area contributed by atoms with Crippen molar-refractivity contribution in [2.24, 2.45) is 5.73 Å². The van der Waals surface area contributed by atoms with Crippen molar-refractivity contribution in [3.63, 3.8) is 0 Å². The molecule has 1 heterocycles. The number of aromatic nitrogens is 1. The van der Waals surface area contributed by atoms with Crippen molar-refractivity contribution in [2.45, 2.75) is 63.0 Å². The number of halogens is 1. The highest BCUT2D eigenvalue weighted by Gasteiger charge is 2.41. The fourth-order valence-electron chi connectivity index (χ4n) is 5.81. The summed E-state index contributed by atoms with van der Waals surface area (Å²) in [6.45, 7) is 2.17. The molecule has 0 bridgehead atoms. The lowest BCUT2D eigenvalue weighted by Crippen LogP contribution is -2.48. The Labute approximate surface area is 217 Å². The minimum atomic E-state index is -0.144. The fourth-order valence-corrected chi connectivity index (χ4v) is 6.01. The van der Waals surface area contributed by atoms with Gasteiger partial charge in [-0.3, -0.25) is 4.79 Å². The minimum Gasteiger partial charge on any atom is -0.489 e. The van der Waals surface area contributed by atoms with Gasteiger partial charge >= 0.3 is 0 Å². The lowest BCUT2D eigenvalue weighted by molar-refractivity contribution is 0.104. The van der Waals surface area contributed by atoms with Crippen molar-refractivity contribution >= 4 is 22.4 Å². The highest BCUT2D eigenvalue weighted by atomic mass is 35.5. The Morgan fingerprint density at radius 3 is 2.36 bits per heavy atom. The van der Waals surface area contributed by atoms with Gasteiger partial charge in [0.05, 0.1) is 11.1 Å². The molecule has 0 amide bonds. The maximum Gasteiger partial charge on any atom is 0.255 e. The molecule has 0 radical (unpaired) electrons. The summed E-state index contributed by atoms with van der Waals surface area (Å²) in [5.74, 6) is 0.640. The van der Waals surface area contributed by atoms with Crippen LogP contribution in [0.1, 0.15) is 55.7 Å². The number of H-pyrrole nitrogens is 1. The van der Waals surface area contributed by atoms with Crippen molar-refractivity contribution in [3.8, 4) is 5.75 Å². The Bertz CT molecular complexity index is 1380. The van der Waals surface area contributed by atoms with Crippen LogP contribution in [0, 0.1) is 0 Å². The van der Waals surface area contributed by atoms with Crippen LogP contribution in [-0.4, -0.2) is 17.1 Å². The molecule has 0 saturated heterocycles. The summed E-state index contributed by atoms with van der Waals surface area (Å²) >= 11 is 6.63. The molecule has 1 aliphatic rings. The first-order valence-corrected chi connectivity index (χ1v) is 13.2. The maximum atomic E-state index is 12.6. The topological polar surface area (TPSA) is 68.1 Å². The lowest BCUT2D eigenvalue weighted by atomic mass is 9.64. The third kappa shape index (κ3) is 4.80. The normalized spacial score (nSPS) is 20.8. The Balaban J connectivity index is 1.40. The summed E-state index contributed by atoms with van der Waals surface area (Å²) in [5, 5.41) is 1.93. The van der Waals surface area contributed by atoms with E-state index in [1.54, 1.807) is 12.3 Å². The van der Waals surface area contributed by atoms with Crippen molar-refractivity contribution in [1.29, 1.82) is 0 Å². The first-order chi connectivity index (χ1) is 17.5. The Hall–Kier alpha value is -3.08. The van der Waals surface area contributed by atoms with Gasteiger partial charge in [0.15, 0.2) is 0 Å². The van der Waals surface area contributed by atoms with E-state index in [1.807, 2.05) is 24.3 Å². The molecule has 1 fully saturated rings. The van der Waals surface area contributed by atoms with E-state index in [-0.39, 0.29) is 23.1 Å². The summed E-state index contributed by atoms with van der Waals surface area (Å²) in [6, 6.07) is 24.7. The van der Waals surface area contributed by atoms with Crippen molar-refractivity contribution in [2.75, 3.05) is 0 Å². The van der Waals surface area contributed by atoms with E-state index in [1.165, 1.54) is 11.1 Å². The molecule has 3 N–H and O–H groups in total. The second kappa shape index (κ2) is 10.5. The third-order valence-electron chi connectivity index (χ3n) is 7.89. The first kappa shape index (κ1) is 24.6. The van der Waals surface area contributed by atoms with Gasteiger partial charge < -0.3 is 15.5 Å². The molecule has 1 atom stereocenters. The van der Waals surface area contributed by atoms with Crippen LogP contribution in [0.2, 0.25) is 5.02 Å². The monoisotopic (exact) mass is 500 g/mol. The predicted molar refractivity (Wildman–Crippen MR) is 148 cm³/mol. The summed E-state index contributed by atoms with van der Waals surface area (Å²) in [6.07, 6.45) is 7.27. The van der Waals surface area contributed by atoms with E-state index in [9.17, 15) is 4.79 Å². The molecule has 4 aromatic rings. The molecular weight excluding hydrogens is 468 g/mol. The molecule has 0 spiro atoms. The van der Waals surface area contributed by atoms with E-state index >= 15 is 0 Å². The Morgan fingerprint density at radius 2 is 1.69 bits per heavy atom. The molecule has 5 heteroatoms. The number of benzene rings is 3. The zero-order valence-electron chi connectivity index (χ0n) is 20.7. The van der Waals surface area contributed by atoms with Gasteiger partial charge in [0.1, 0.15) is 5.75 Å². The number of pyridine rings is 1. The fraction of sp³-hybridized carbons (Fsp3) is 0.323. The van der Waals surface area contributed by atoms with Gasteiger partial charge in [-0.2, -0.15) is 0 Å². The molecule has 1 aromatic heterocycles. The summed E-state index contributed by atoms with van der Waals surface area (Å²) in [5.41, 5.74) is 10.1. The van der Waals surface area contributed by atoms with E-state index in [0.717, 1.165) is 43.1 Å². The van der Waals surface area contributed by atoms with Crippen LogP contribution in [0.4, 0.5) is 0 Å². The molecule has 36 heavy (non-hydrogen) atoms. The van der Waals surface area contributed by atoms with Crippen LogP contribution in [-0.2, 0) is 11.8 Å². The average molecular weight is 501 g/mol. The van der Waals surface area contributed by atoms with Gasteiger partial charge in [-0.05, 0) is 72.7 Å². The zero-order valence-corrected chi connectivity index (χ0v) is 21.4. The number of fused-ring (bicyclic) bond motifs is 1. The van der Waals surface area contributed by atoms with Crippen LogP contribution in [0.5, 0.6) is 5.75 Å². The van der Waals surface area contributed by atoms with E-state index in [2.05, 4.69) is 54.4 Å². The molecule has 1 unspecified atom stereocenters. The lowest BCUT2D eigenvalue weighted by Gasteiger charge is -2.44. The molecule has 4 nitrogen and oxygen atoms in total. The van der Waals surface area contributed by atoms with Gasteiger partial charge in [-0.1, -0.05) is 79.2 Å². The molecular formula is C31H33ClN2O2. The number of aromatic amines is 1. The highest BCUT2D eigenvalue weighted by molar-refractivity contribution is 6.32. The van der Waals surface area contributed by atoms with Crippen molar-refractivity contribution in [3.05, 3.63) is 111 Å². The van der Waals surface area contributed by atoms with Crippen molar-refractivity contribution < 1.29 is 4.74 Å². The molecule has 1 saturated carbocycles. The molecule has 5 rings (SSSR count). The van der Waals surface area contributed by atoms with Gasteiger partial charge in [0.2, 0.25) is 0 Å². The van der Waals surface area contributed by atoms with Gasteiger partial charge in [-0.15, -0.1) is 0 Å². The first-order valence-electron chi connectivity index (χ1n) is 12.9. The number of rotatable bonds is 7. The minimum absolute atomic E-state index is 0.0286. The SMILES string of the molecule is CCC(N)[C@]1(c2ccccc2)CC[C@H](Oc2cc3c(Cc4ccccc4)c[nH]c(=O)c3cc2Cl)CC1. The second-order valence-corrected chi connectivity index (χ2v) is 10.4. The van der Waals surface area contributed by atoms with Crippen LogP contribution < -0.4 is 16.0 Å². The Kier molecular flexibility index (Phi) is 7.17. The average Bonchev–Trinajstić information content (AvgIpc) is 2.92. The number of nitrogens with two attached hydrogens (primary N) is 1. The van der Waals surface area contributed by atoms with Crippen molar-refractivity contribution in [1.82, 2.24) is 4.98 Å². The molecule has 1 aliphatic carbocycles. The van der Waals surface area contributed by atoms with Gasteiger partial charge in [0.25, 0.3) is 5.56 Å². The second-order valence-electron chi connectivity index (χ2n) is 9.99. The number of hydrogen-bond donors (Lipinski definition) is 2. The van der Waals surface area contributed by atoms with Gasteiger partial charge in [-0.25, -0.2) is 0 Å². The summed E-state index contributed by atoms with van der Waals surface area (Å²) < 4.78 is 6.50. The largest absolute Gasteiger partial charge is 0.489 e. The number of nitrogens with one attached hydrogen (secondary N) is 1. The summed E-state index contributed by atoms with van der Waals surface area (Å²) in [7, 11) is 0. The predicted octanol–water partition coefficient (Wildman–Crippen LogP) is 6.77. The maximum absolute atomic E-state index is 12.6. The van der Waals surface area contributed by atoms with Gasteiger partial charge in [0, 0.05) is 23.0 Å².